The fourth-order valence-electron chi connectivity index (χ4n) is 4.28. The van der Waals surface area contributed by atoms with E-state index < -0.39 is 5.92 Å². The monoisotopic (exact) mass is 405 g/mol. The van der Waals surface area contributed by atoms with Gasteiger partial charge in [-0.05, 0) is 47.5 Å². The highest BCUT2D eigenvalue weighted by Gasteiger charge is 2.44. The van der Waals surface area contributed by atoms with Crippen LogP contribution in [0.5, 0.6) is 5.75 Å². The Morgan fingerprint density at radius 1 is 1.24 bits per heavy atom. The number of thiophene rings is 1. The van der Waals surface area contributed by atoms with E-state index in [4.69, 9.17) is 10.5 Å². The van der Waals surface area contributed by atoms with Crippen LogP contribution in [-0.4, -0.2) is 12.9 Å². The molecule has 1 atom stereocenters. The van der Waals surface area contributed by atoms with Gasteiger partial charge in [0, 0.05) is 28.3 Å². The average Bonchev–Trinajstić information content (AvgIpc) is 3.21. The molecule has 29 heavy (non-hydrogen) atoms. The van der Waals surface area contributed by atoms with Gasteiger partial charge in [0.25, 0.3) is 0 Å². The Morgan fingerprint density at radius 3 is 2.55 bits per heavy atom. The number of nitriles is 1. The van der Waals surface area contributed by atoms with Crippen LogP contribution < -0.4 is 15.4 Å². The van der Waals surface area contributed by atoms with Crippen LogP contribution in [-0.2, 0) is 4.79 Å². The quantitative estimate of drug-likeness (QED) is 0.801. The van der Waals surface area contributed by atoms with E-state index in [1.54, 1.807) is 18.4 Å². The SMILES string of the molecule is COc1ccc(N2C(N)=C(C#N)[C@@H](c3cccs3)C3=C2CC(C)(C)CC3=O)cc1. The molecule has 4 rings (SSSR count). The van der Waals surface area contributed by atoms with Gasteiger partial charge in [-0.25, -0.2) is 0 Å². The summed E-state index contributed by atoms with van der Waals surface area (Å²) in [6.45, 7) is 4.20. The third-order valence-electron chi connectivity index (χ3n) is 5.54. The van der Waals surface area contributed by atoms with Crippen molar-refractivity contribution in [1.29, 1.82) is 5.26 Å². The molecular weight excluding hydrogens is 382 g/mol. The van der Waals surface area contributed by atoms with Crippen LogP contribution in [0.25, 0.3) is 0 Å². The topological polar surface area (TPSA) is 79.3 Å². The summed E-state index contributed by atoms with van der Waals surface area (Å²) in [4.78, 5) is 16.2. The number of allylic oxidation sites excluding steroid dienone is 3. The van der Waals surface area contributed by atoms with Crippen molar-refractivity contribution in [3.05, 3.63) is 69.3 Å². The molecule has 0 unspecified atom stereocenters. The van der Waals surface area contributed by atoms with E-state index in [1.807, 2.05) is 46.7 Å². The first kappa shape index (κ1) is 19.3. The summed E-state index contributed by atoms with van der Waals surface area (Å²) < 4.78 is 5.27. The maximum Gasteiger partial charge on any atom is 0.162 e. The van der Waals surface area contributed by atoms with Crippen molar-refractivity contribution in [2.45, 2.75) is 32.6 Å². The van der Waals surface area contributed by atoms with Crippen LogP contribution in [0.1, 0.15) is 37.5 Å². The minimum atomic E-state index is -0.395. The molecule has 1 aromatic carbocycles. The predicted molar refractivity (Wildman–Crippen MR) is 114 cm³/mol. The minimum absolute atomic E-state index is 0.0911. The number of rotatable bonds is 3. The fourth-order valence-corrected chi connectivity index (χ4v) is 5.12. The lowest BCUT2D eigenvalue weighted by atomic mass is 9.69. The van der Waals surface area contributed by atoms with Crippen molar-refractivity contribution < 1.29 is 9.53 Å². The third kappa shape index (κ3) is 3.22. The second kappa shape index (κ2) is 7.09. The summed E-state index contributed by atoms with van der Waals surface area (Å²) >= 11 is 1.55. The Hall–Kier alpha value is -3.04. The zero-order chi connectivity index (χ0) is 20.8. The summed E-state index contributed by atoms with van der Waals surface area (Å²) in [6.07, 6.45) is 1.17. The van der Waals surface area contributed by atoms with Crippen LogP contribution in [0.15, 0.2) is 64.4 Å². The number of carbonyl (C=O) groups is 1. The fraction of sp³-hybridized carbons (Fsp3) is 0.304. The van der Waals surface area contributed by atoms with Gasteiger partial charge in [0.1, 0.15) is 11.6 Å². The number of hydrogen-bond acceptors (Lipinski definition) is 6. The van der Waals surface area contributed by atoms with Crippen LogP contribution in [0.4, 0.5) is 5.69 Å². The van der Waals surface area contributed by atoms with Crippen LogP contribution in [0, 0.1) is 16.7 Å². The van der Waals surface area contributed by atoms with Gasteiger partial charge in [0.2, 0.25) is 0 Å². The Balaban J connectivity index is 1.96. The third-order valence-corrected chi connectivity index (χ3v) is 6.48. The van der Waals surface area contributed by atoms with E-state index in [0.717, 1.165) is 22.0 Å². The van der Waals surface area contributed by atoms with E-state index in [-0.39, 0.29) is 11.2 Å². The lowest BCUT2D eigenvalue weighted by Gasteiger charge is -2.43. The smallest absolute Gasteiger partial charge is 0.162 e. The van der Waals surface area contributed by atoms with Crippen LogP contribution in [0.3, 0.4) is 0 Å². The highest BCUT2D eigenvalue weighted by molar-refractivity contribution is 7.10. The Bertz CT molecular complexity index is 1060. The first-order valence-electron chi connectivity index (χ1n) is 9.50. The molecule has 2 aliphatic rings. The van der Waals surface area contributed by atoms with Crippen molar-refractivity contribution >= 4 is 22.8 Å². The van der Waals surface area contributed by atoms with Crippen molar-refractivity contribution in [3.63, 3.8) is 0 Å². The lowest BCUT2D eigenvalue weighted by molar-refractivity contribution is -0.118. The standard InChI is InChI=1S/C23H23N3O2S/c1-23(2)11-17-21(18(27)12-23)20(19-5-4-10-29-19)16(13-24)22(25)26(17)14-6-8-15(28-3)9-7-14/h4-10,20H,11-12,25H2,1-3H3/t20-/m0/s1. The molecule has 0 radical (unpaired) electrons. The number of nitrogens with zero attached hydrogens (tertiary/aromatic N) is 2. The Morgan fingerprint density at radius 2 is 1.97 bits per heavy atom. The first-order chi connectivity index (χ1) is 13.9. The number of anilines is 1. The van der Waals surface area contributed by atoms with E-state index >= 15 is 0 Å². The summed E-state index contributed by atoms with van der Waals surface area (Å²) in [5, 5.41) is 12.0. The van der Waals surface area contributed by atoms with E-state index in [9.17, 15) is 10.1 Å². The number of carbonyl (C=O) groups excluding carboxylic acids is 1. The second-order valence-electron chi connectivity index (χ2n) is 8.19. The van der Waals surface area contributed by atoms with Gasteiger partial charge >= 0.3 is 0 Å². The Kier molecular flexibility index (Phi) is 4.71. The molecule has 5 nitrogen and oxygen atoms in total. The van der Waals surface area contributed by atoms with Crippen molar-refractivity contribution in [3.8, 4) is 11.8 Å². The second-order valence-corrected chi connectivity index (χ2v) is 9.17. The zero-order valence-electron chi connectivity index (χ0n) is 16.7. The number of nitrogens with two attached hydrogens (primary N) is 1. The van der Waals surface area contributed by atoms with Crippen LogP contribution in [0.2, 0.25) is 0 Å². The van der Waals surface area contributed by atoms with Gasteiger partial charge in [0.05, 0.1) is 24.7 Å². The highest BCUT2D eigenvalue weighted by atomic mass is 32.1. The number of methoxy groups -OCH3 is 1. The lowest BCUT2D eigenvalue weighted by Crippen LogP contribution is -2.42. The van der Waals surface area contributed by atoms with Gasteiger partial charge in [-0.1, -0.05) is 19.9 Å². The van der Waals surface area contributed by atoms with E-state index in [2.05, 4.69) is 19.9 Å². The van der Waals surface area contributed by atoms with Crippen LogP contribution >= 0.6 is 11.3 Å². The minimum Gasteiger partial charge on any atom is -0.497 e. The summed E-state index contributed by atoms with van der Waals surface area (Å²) in [7, 11) is 1.62. The molecule has 1 aromatic heterocycles. The highest BCUT2D eigenvalue weighted by Crippen LogP contribution is 2.50. The maximum atomic E-state index is 13.3. The zero-order valence-corrected chi connectivity index (χ0v) is 17.5. The van der Waals surface area contributed by atoms with Gasteiger partial charge in [-0.15, -0.1) is 11.3 Å². The van der Waals surface area contributed by atoms with E-state index in [0.29, 0.717) is 29.8 Å². The molecule has 0 bridgehead atoms. The molecular formula is C23H23N3O2S. The summed E-state index contributed by atoms with van der Waals surface area (Å²) in [5.74, 6) is 0.821. The average molecular weight is 406 g/mol. The molecule has 148 valence electrons. The molecule has 2 N–H and O–H groups in total. The van der Waals surface area contributed by atoms with Crippen molar-refractivity contribution in [2.75, 3.05) is 12.0 Å². The normalized spacial score (nSPS) is 21.1. The van der Waals surface area contributed by atoms with Gasteiger partial charge in [-0.2, -0.15) is 5.26 Å². The molecule has 0 fully saturated rings. The number of Topliss-reactive ketones (excluding diaryl/α,β-unsaturated/α-hetero) is 1. The summed E-state index contributed by atoms with van der Waals surface area (Å²) in [5.41, 5.74) is 9.25. The van der Waals surface area contributed by atoms with Gasteiger partial charge in [0.15, 0.2) is 5.78 Å². The largest absolute Gasteiger partial charge is 0.497 e. The predicted octanol–water partition coefficient (Wildman–Crippen LogP) is 4.70. The Labute approximate surface area is 174 Å². The van der Waals surface area contributed by atoms with Gasteiger partial charge in [-0.3, -0.25) is 9.69 Å². The molecule has 0 amide bonds. The molecule has 0 spiro atoms. The maximum absolute atomic E-state index is 13.3. The van der Waals surface area contributed by atoms with E-state index in [1.165, 1.54) is 0 Å². The van der Waals surface area contributed by atoms with Gasteiger partial charge < -0.3 is 10.5 Å². The molecule has 0 saturated heterocycles. The molecule has 0 saturated carbocycles. The molecule has 1 aliphatic carbocycles. The molecule has 6 heteroatoms. The number of ketones is 1. The number of hydrogen-bond donors (Lipinski definition) is 1. The number of ether oxygens (including phenoxy) is 1. The molecule has 2 heterocycles. The molecule has 1 aliphatic heterocycles. The number of benzene rings is 1. The van der Waals surface area contributed by atoms with Crippen molar-refractivity contribution in [2.24, 2.45) is 11.1 Å². The first-order valence-corrected chi connectivity index (χ1v) is 10.4. The van der Waals surface area contributed by atoms with Crippen molar-refractivity contribution in [1.82, 2.24) is 0 Å². The molecule has 2 aromatic rings. The summed E-state index contributed by atoms with van der Waals surface area (Å²) in [6, 6.07) is 13.7.